The van der Waals surface area contributed by atoms with Gasteiger partial charge in [0.05, 0.1) is 20.3 Å². The Kier molecular flexibility index (Phi) is 6.12. The third kappa shape index (κ3) is 4.67. The maximum atomic E-state index is 10.4. The van der Waals surface area contributed by atoms with Crippen LogP contribution in [-0.2, 0) is 4.74 Å². The molecule has 0 fully saturated rings. The van der Waals surface area contributed by atoms with Crippen molar-refractivity contribution >= 4 is 0 Å². The fourth-order valence-electron chi connectivity index (χ4n) is 2.87. The summed E-state index contributed by atoms with van der Waals surface area (Å²) in [5.41, 5.74) is 3.81. The minimum Gasteiger partial charge on any atom is -0.497 e. The van der Waals surface area contributed by atoms with Crippen LogP contribution in [0.2, 0.25) is 0 Å². The number of hydrogen-bond donors (Lipinski definition) is 1. The lowest BCUT2D eigenvalue weighted by Gasteiger charge is -2.19. The number of benzene rings is 3. The van der Waals surface area contributed by atoms with E-state index in [0.717, 1.165) is 28.2 Å². The lowest BCUT2D eigenvalue weighted by atomic mass is 10.0. The van der Waals surface area contributed by atoms with Crippen molar-refractivity contribution in [1.29, 1.82) is 0 Å². The second kappa shape index (κ2) is 8.71. The monoisotopic (exact) mass is 364 g/mol. The number of aliphatic hydroxyl groups excluding tert-OH is 1. The lowest BCUT2D eigenvalue weighted by molar-refractivity contribution is -0.136. The van der Waals surface area contributed by atoms with Crippen molar-refractivity contribution in [3.63, 3.8) is 0 Å². The average Bonchev–Trinajstić information content (AvgIpc) is 2.74. The summed E-state index contributed by atoms with van der Waals surface area (Å²) >= 11 is 0. The second-order valence-electron chi connectivity index (χ2n) is 6.26. The largest absolute Gasteiger partial charge is 0.497 e. The smallest absolute Gasteiger partial charge is 0.181 e. The summed E-state index contributed by atoms with van der Waals surface area (Å²) in [5.74, 6) is 1.59. The molecule has 0 bridgehead atoms. The molecule has 0 aliphatic heterocycles. The molecule has 3 rings (SSSR count). The summed E-state index contributed by atoms with van der Waals surface area (Å²) in [6, 6.07) is 23.2. The Bertz CT molecular complexity index is 856. The first-order chi connectivity index (χ1) is 13.1. The van der Waals surface area contributed by atoms with Crippen molar-refractivity contribution in [1.82, 2.24) is 0 Å². The van der Waals surface area contributed by atoms with E-state index in [1.807, 2.05) is 79.7 Å². The molecule has 0 saturated heterocycles. The number of methoxy groups -OCH3 is 2. The predicted molar refractivity (Wildman–Crippen MR) is 106 cm³/mol. The van der Waals surface area contributed by atoms with Gasteiger partial charge in [0.1, 0.15) is 11.5 Å². The highest BCUT2D eigenvalue weighted by molar-refractivity contribution is 5.64. The van der Waals surface area contributed by atoms with E-state index >= 15 is 0 Å². The van der Waals surface area contributed by atoms with E-state index in [1.54, 1.807) is 14.2 Å². The maximum Gasteiger partial charge on any atom is 0.181 e. The van der Waals surface area contributed by atoms with E-state index < -0.39 is 6.29 Å². The van der Waals surface area contributed by atoms with Crippen molar-refractivity contribution in [3.8, 4) is 22.6 Å². The van der Waals surface area contributed by atoms with Crippen LogP contribution >= 0.6 is 0 Å². The summed E-state index contributed by atoms with van der Waals surface area (Å²) < 4.78 is 16.2. The molecule has 3 aromatic rings. The Labute approximate surface area is 160 Å². The van der Waals surface area contributed by atoms with Gasteiger partial charge in [-0.2, -0.15) is 0 Å². The molecule has 0 amide bonds. The standard InChI is InChI=1S/C23H24O4/c1-16(20-5-4-6-22(15-20)26-3)27-23(24)19-9-7-17(8-10-19)18-11-13-21(25-2)14-12-18/h4-16,23-24H,1-3H3. The van der Waals surface area contributed by atoms with Crippen molar-refractivity contribution < 1.29 is 19.3 Å². The molecule has 3 aromatic carbocycles. The van der Waals surface area contributed by atoms with Gasteiger partial charge in [-0.15, -0.1) is 0 Å². The van der Waals surface area contributed by atoms with Gasteiger partial charge in [0.25, 0.3) is 0 Å². The summed E-state index contributed by atoms with van der Waals surface area (Å²) in [6.45, 7) is 1.91. The van der Waals surface area contributed by atoms with Crippen LogP contribution in [0, 0.1) is 0 Å². The highest BCUT2D eigenvalue weighted by Crippen LogP contribution is 2.29. The molecule has 0 spiro atoms. The van der Waals surface area contributed by atoms with Gasteiger partial charge in [0, 0.05) is 5.56 Å². The molecule has 27 heavy (non-hydrogen) atoms. The van der Waals surface area contributed by atoms with Gasteiger partial charge < -0.3 is 19.3 Å². The zero-order valence-electron chi connectivity index (χ0n) is 15.8. The SMILES string of the molecule is COc1ccc(-c2ccc(C(O)OC(C)c3cccc(OC)c3)cc2)cc1. The first-order valence-corrected chi connectivity index (χ1v) is 8.82. The van der Waals surface area contributed by atoms with Crippen LogP contribution in [0.5, 0.6) is 11.5 Å². The molecule has 1 N–H and O–H groups in total. The van der Waals surface area contributed by atoms with E-state index in [0.29, 0.717) is 5.56 Å². The van der Waals surface area contributed by atoms with Crippen LogP contribution in [0.15, 0.2) is 72.8 Å². The van der Waals surface area contributed by atoms with Crippen LogP contribution in [-0.4, -0.2) is 19.3 Å². The Morgan fingerprint density at radius 2 is 1.30 bits per heavy atom. The van der Waals surface area contributed by atoms with Crippen LogP contribution in [0.25, 0.3) is 11.1 Å². The van der Waals surface area contributed by atoms with Crippen LogP contribution in [0.3, 0.4) is 0 Å². The molecule has 0 saturated carbocycles. The van der Waals surface area contributed by atoms with Gasteiger partial charge in [-0.25, -0.2) is 0 Å². The highest BCUT2D eigenvalue weighted by Gasteiger charge is 2.15. The molecule has 140 valence electrons. The van der Waals surface area contributed by atoms with E-state index in [9.17, 15) is 5.11 Å². The molecule has 0 aliphatic carbocycles. The molecule has 2 atom stereocenters. The van der Waals surface area contributed by atoms with Gasteiger partial charge >= 0.3 is 0 Å². The van der Waals surface area contributed by atoms with Crippen molar-refractivity contribution in [2.75, 3.05) is 14.2 Å². The third-order valence-corrected chi connectivity index (χ3v) is 4.52. The minimum absolute atomic E-state index is 0.267. The summed E-state index contributed by atoms with van der Waals surface area (Å²) in [5, 5.41) is 10.4. The van der Waals surface area contributed by atoms with Crippen molar-refractivity contribution in [2.24, 2.45) is 0 Å². The lowest BCUT2D eigenvalue weighted by Crippen LogP contribution is -2.07. The topological polar surface area (TPSA) is 47.9 Å². The molecule has 0 heterocycles. The quantitative estimate of drug-likeness (QED) is 0.590. The van der Waals surface area contributed by atoms with Gasteiger partial charge in [0.2, 0.25) is 0 Å². The first kappa shape index (κ1) is 19.0. The van der Waals surface area contributed by atoms with Crippen molar-refractivity contribution in [2.45, 2.75) is 19.3 Å². The number of ether oxygens (including phenoxy) is 3. The van der Waals surface area contributed by atoms with E-state index in [2.05, 4.69) is 0 Å². The molecule has 0 aliphatic rings. The highest BCUT2D eigenvalue weighted by atomic mass is 16.6. The average molecular weight is 364 g/mol. The van der Waals surface area contributed by atoms with E-state index in [1.165, 1.54) is 0 Å². The fourth-order valence-corrected chi connectivity index (χ4v) is 2.87. The molecule has 0 aromatic heterocycles. The zero-order valence-corrected chi connectivity index (χ0v) is 15.8. The summed E-state index contributed by atoms with van der Waals surface area (Å²) in [4.78, 5) is 0. The van der Waals surface area contributed by atoms with Gasteiger partial charge in [-0.1, -0.05) is 48.5 Å². The van der Waals surface area contributed by atoms with Crippen LogP contribution in [0.4, 0.5) is 0 Å². The maximum absolute atomic E-state index is 10.4. The number of aliphatic hydroxyl groups is 1. The number of hydrogen-bond acceptors (Lipinski definition) is 4. The van der Waals surface area contributed by atoms with Gasteiger partial charge in [-0.05, 0) is 47.9 Å². The minimum atomic E-state index is -1.00. The zero-order chi connectivity index (χ0) is 19.2. The van der Waals surface area contributed by atoms with Gasteiger partial charge in [-0.3, -0.25) is 0 Å². The van der Waals surface area contributed by atoms with E-state index in [4.69, 9.17) is 14.2 Å². The Balaban J connectivity index is 1.68. The van der Waals surface area contributed by atoms with Gasteiger partial charge in [0.15, 0.2) is 6.29 Å². The summed E-state index contributed by atoms with van der Waals surface area (Å²) in [6.07, 6.45) is -1.27. The number of rotatable bonds is 7. The Morgan fingerprint density at radius 1 is 0.704 bits per heavy atom. The Morgan fingerprint density at radius 3 is 1.89 bits per heavy atom. The second-order valence-corrected chi connectivity index (χ2v) is 6.26. The molecular weight excluding hydrogens is 340 g/mol. The normalized spacial score (nSPS) is 13.0. The summed E-state index contributed by atoms with van der Waals surface area (Å²) in [7, 11) is 3.28. The van der Waals surface area contributed by atoms with E-state index in [-0.39, 0.29) is 6.10 Å². The Hall–Kier alpha value is -2.82. The van der Waals surface area contributed by atoms with Crippen LogP contribution in [0.1, 0.15) is 30.4 Å². The fraction of sp³-hybridized carbons (Fsp3) is 0.217. The molecule has 4 heteroatoms. The molecule has 0 radical (unpaired) electrons. The first-order valence-electron chi connectivity index (χ1n) is 8.82. The van der Waals surface area contributed by atoms with Crippen molar-refractivity contribution in [3.05, 3.63) is 83.9 Å². The molecular formula is C23H24O4. The molecule has 2 unspecified atom stereocenters. The van der Waals surface area contributed by atoms with Crippen LogP contribution < -0.4 is 9.47 Å². The predicted octanol–water partition coefficient (Wildman–Crippen LogP) is 5.14. The molecule has 4 nitrogen and oxygen atoms in total. The third-order valence-electron chi connectivity index (χ3n) is 4.52.